The van der Waals surface area contributed by atoms with Gasteiger partial charge in [-0.05, 0) is 29.8 Å². The molecule has 0 radical (unpaired) electrons. The molecule has 5 rings (SSSR count). The van der Waals surface area contributed by atoms with Crippen LogP contribution in [0.25, 0.3) is 33.8 Å². The van der Waals surface area contributed by atoms with Gasteiger partial charge in [-0.15, -0.1) is 0 Å². The number of hydrogen-bond acceptors (Lipinski definition) is 4. The van der Waals surface area contributed by atoms with Crippen molar-refractivity contribution in [2.75, 3.05) is 7.11 Å². The Morgan fingerprint density at radius 1 is 0.767 bits per heavy atom. The van der Waals surface area contributed by atoms with Crippen molar-refractivity contribution in [3.05, 3.63) is 96.8 Å². The van der Waals surface area contributed by atoms with Gasteiger partial charge in [-0.2, -0.15) is 0 Å². The summed E-state index contributed by atoms with van der Waals surface area (Å²) in [6.45, 7) is 0.671. The van der Waals surface area contributed by atoms with E-state index in [4.69, 9.17) is 9.72 Å². The number of ether oxygens (including phenoxy) is 1. The topological polar surface area (TPSA) is 52.8 Å². The zero-order valence-corrected chi connectivity index (χ0v) is 16.6. The van der Waals surface area contributed by atoms with Crippen LogP contribution >= 0.6 is 0 Å². The van der Waals surface area contributed by atoms with Gasteiger partial charge in [-0.3, -0.25) is 0 Å². The molecule has 5 nitrogen and oxygen atoms in total. The molecule has 0 atom stereocenters. The molecule has 0 bridgehead atoms. The third-order valence-corrected chi connectivity index (χ3v) is 5.11. The molecule has 0 spiro atoms. The molecule has 0 aliphatic rings. The van der Waals surface area contributed by atoms with Crippen LogP contribution in [0.2, 0.25) is 0 Å². The van der Waals surface area contributed by atoms with Gasteiger partial charge in [0.05, 0.1) is 13.7 Å². The van der Waals surface area contributed by atoms with Crippen molar-refractivity contribution in [2.45, 2.75) is 6.54 Å². The van der Waals surface area contributed by atoms with Crippen molar-refractivity contribution in [2.24, 2.45) is 0 Å². The lowest BCUT2D eigenvalue weighted by molar-refractivity contribution is 0.415. The van der Waals surface area contributed by atoms with Gasteiger partial charge in [-0.25, -0.2) is 15.0 Å². The number of benzene rings is 3. The minimum Gasteiger partial charge on any atom is -0.497 e. The Morgan fingerprint density at radius 3 is 2.17 bits per heavy atom. The Labute approximate surface area is 174 Å². The fourth-order valence-electron chi connectivity index (χ4n) is 3.62. The normalized spacial score (nSPS) is 11.0. The molecule has 30 heavy (non-hydrogen) atoms. The SMILES string of the molecule is COc1ccc(-c2nc3c(-c4ccccc4)ncnc3n2Cc2ccccc2)cc1. The quantitative estimate of drug-likeness (QED) is 0.412. The van der Waals surface area contributed by atoms with Gasteiger partial charge < -0.3 is 9.30 Å². The molecule has 0 aliphatic heterocycles. The molecule has 0 saturated carbocycles. The van der Waals surface area contributed by atoms with Crippen LogP contribution in [0.5, 0.6) is 5.75 Å². The molecular weight excluding hydrogens is 372 g/mol. The molecule has 2 aromatic heterocycles. The summed E-state index contributed by atoms with van der Waals surface area (Å²) < 4.78 is 7.47. The van der Waals surface area contributed by atoms with E-state index in [9.17, 15) is 0 Å². The average Bonchev–Trinajstić information content (AvgIpc) is 3.19. The smallest absolute Gasteiger partial charge is 0.164 e. The summed E-state index contributed by atoms with van der Waals surface area (Å²) in [5.74, 6) is 1.67. The van der Waals surface area contributed by atoms with Gasteiger partial charge in [0.2, 0.25) is 0 Å². The standard InChI is InChI=1S/C25H20N4O/c1-30-21-14-12-20(13-15-21)24-28-23-22(19-10-6-3-7-11-19)26-17-27-25(23)29(24)16-18-8-4-2-5-9-18/h2-15,17H,16H2,1H3. The summed E-state index contributed by atoms with van der Waals surface area (Å²) in [4.78, 5) is 14.2. The molecule has 0 aliphatic carbocycles. The van der Waals surface area contributed by atoms with Crippen molar-refractivity contribution in [3.8, 4) is 28.4 Å². The van der Waals surface area contributed by atoms with E-state index >= 15 is 0 Å². The molecule has 2 heterocycles. The van der Waals surface area contributed by atoms with Crippen molar-refractivity contribution < 1.29 is 4.74 Å². The van der Waals surface area contributed by atoms with E-state index in [0.29, 0.717) is 6.54 Å². The van der Waals surface area contributed by atoms with E-state index in [1.165, 1.54) is 5.56 Å². The van der Waals surface area contributed by atoms with Crippen LogP contribution in [0.3, 0.4) is 0 Å². The predicted molar refractivity (Wildman–Crippen MR) is 118 cm³/mol. The van der Waals surface area contributed by atoms with Crippen LogP contribution in [0.1, 0.15) is 5.56 Å². The molecule has 0 amide bonds. The Kier molecular flexibility index (Phi) is 4.69. The lowest BCUT2D eigenvalue weighted by Gasteiger charge is -2.09. The van der Waals surface area contributed by atoms with Crippen LogP contribution in [0.15, 0.2) is 91.3 Å². The summed E-state index contributed by atoms with van der Waals surface area (Å²) in [5.41, 5.74) is 5.66. The molecule has 0 unspecified atom stereocenters. The summed E-state index contributed by atoms with van der Waals surface area (Å²) in [5, 5.41) is 0. The van der Waals surface area contributed by atoms with Crippen LogP contribution < -0.4 is 4.74 Å². The monoisotopic (exact) mass is 392 g/mol. The van der Waals surface area contributed by atoms with E-state index in [-0.39, 0.29) is 0 Å². The zero-order valence-electron chi connectivity index (χ0n) is 16.6. The van der Waals surface area contributed by atoms with Crippen molar-refractivity contribution in [1.29, 1.82) is 0 Å². The van der Waals surface area contributed by atoms with Gasteiger partial charge in [0.15, 0.2) is 5.65 Å². The van der Waals surface area contributed by atoms with Crippen LogP contribution in [-0.4, -0.2) is 26.6 Å². The second-order valence-corrected chi connectivity index (χ2v) is 7.00. The Balaban J connectivity index is 1.73. The molecular formula is C25H20N4O. The summed E-state index contributed by atoms with van der Waals surface area (Å²) in [6.07, 6.45) is 1.62. The fraction of sp³-hybridized carbons (Fsp3) is 0.0800. The van der Waals surface area contributed by atoms with Crippen molar-refractivity contribution >= 4 is 11.2 Å². The third-order valence-electron chi connectivity index (χ3n) is 5.11. The molecule has 0 saturated heterocycles. The highest BCUT2D eigenvalue weighted by molar-refractivity contribution is 5.89. The summed E-state index contributed by atoms with van der Waals surface area (Å²) in [7, 11) is 1.67. The van der Waals surface area contributed by atoms with E-state index < -0.39 is 0 Å². The van der Waals surface area contributed by atoms with E-state index in [1.54, 1.807) is 13.4 Å². The maximum Gasteiger partial charge on any atom is 0.164 e. The second kappa shape index (κ2) is 7.79. The number of methoxy groups -OCH3 is 1. The number of rotatable bonds is 5. The fourth-order valence-corrected chi connectivity index (χ4v) is 3.62. The molecule has 5 heteroatoms. The lowest BCUT2D eigenvalue weighted by atomic mass is 10.1. The van der Waals surface area contributed by atoms with Crippen LogP contribution in [0, 0.1) is 0 Å². The van der Waals surface area contributed by atoms with Crippen LogP contribution in [0.4, 0.5) is 0 Å². The highest BCUT2D eigenvalue weighted by Gasteiger charge is 2.18. The minimum atomic E-state index is 0.671. The van der Waals surface area contributed by atoms with Gasteiger partial charge in [0.25, 0.3) is 0 Å². The number of fused-ring (bicyclic) bond motifs is 1. The maximum absolute atomic E-state index is 5.32. The molecule has 146 valence electrons. The molecule has 0 fully saturated rings. The summed E-state index contributed by atoms with van der Waals surface area (Å²) >= 11 is 0. The van der Waals surface area contributed by atoms with E-state index in [1.807, 2.05) is 72.8 Å². The minimum absolute atomic E-state index is 0.671. The first-order valence-corrected chi connectivity index (χ1v) is 9.78. The maximum atomic E-state index is 5.32. The van der Waals surface area contributed by atoms with Gasteiger partial charge in [0, 0.05) is 11.1 Å². The van der Waals surface area contributed by atoms with E-state index in [2.05, 4.69) is 26.7 Å². The molecule has 3 aromatic carbocycles. The lowest BCUT2D eigenvalue weighted by Crippen LogP contribution is -2.03. The zero-order chi connectivity index (χ0) is 20.3. The Morgan fingerprint density at radius 2 is 1.47 bits per heavy atom. The molecule has 5 aromatic rings. The van der Waals surface area contributed by atoms with Gasteiger partial charge >= 0.3 is 0 Å². The summed E-state index contributed by atoms with van der Waals surface area (Å²) in [6, 6.07) is 28.4. The Hall–Kier alpha value is -3.99. The van der Waals surface area contributed by atoms with E-state index in [0.717, 1.165) is 39.6 Å². The second-order valence-electron chi connectivity index (χ2n) is 7.00. The van der Waals surface area contributed by atoms with Gasteiger partial charge in [0.1, 0.15) is 29.1 Å². The third kappa shape index (κ3) is 3.31. The van der Waals surface area contributed by atoms with Crippen LogP contribution in [-0.2, 0) is 6.54 Å². The largest absolute Gasteiger partial charge is 0.497 e. The first kappa shape index (κ1) is 18.1. The number of imidazole rings is 1. The number of hydrogen-bond donors (Lipinski definition) is 0. The molecule has 0 N–H and O–H groups in total. The van der Waals surface area contributed by atoms with Crippen molar-refractivity contribution in [1.82, 2.24) is 19.5 Å². The predicted octanol–water partition coefficient (Wildman–Crippen LogP) is 5.22. The highest BCUT2D eigenvalue weighted by Crippen LogP contribution is 2.30. The Bertz CT molecular complexity index is 1280. The highest BCUT2D eigenvalue weighted by atomic mass is 16.5. The van der Waals surface area contributed by atoms with Gasteiger partial charge in [-0.1, -0.05) is 60.7 Å². The number of nitrogens with zero attached hydrogens (tertiary/aromatic N) is 4. The average molecular weight is 392 g/mol. The first-order valence-electron chi connectivity index (χ1n) is 9.78. The number of aromatic nitrogens is 4. The first-order chi connectivity index (χ1) is 14.8. The van der Waals surface area contributed by atoms with Crippen molar-refractivity contribution in [3.63, 3.8) is 0 Å².